The molecule has 1 aliphatic heterocycles. The third-order valence-corrected chi connectivity index (χ3v) is 10.9. The lowest BCUT2D eigenvalue weighted by atomic mass is 9.96. The molecule has 2 heterocycles. The second-order valence-electron chi connectivity index (χ2n) is 14.2. The van der Waals surface area contributed by atoms with Crippen molar-refractivity contribution in [1.29, 1.82) is 0 Å². The van der Waals surface area contributed by atoms with Gasteiger partial charge in [0, 0.05) is 27.5 Å². The van der Waals surface area contributed by atoms with Gasteiger partial charge in [0.15, 0.2) is 5.84 Å². The van der Waals surface area contributed by atoms with Gasteiger partial charge in [-0.05, 0) is 84.9 Å². The molecule has 0 aliphatic carbocycles. The Kier molecular flexibility index (Phi) is 7.20. The molecular weight excluding hydrogens is 671 g/mol. The van der Waals surface area contributed by atoms with Gasteiger partial charge in [0.1, 0.15) is 23.2 Å². The average Bonchev–Trinajstić information content (AvgIpc) is 3.65. The Morgan fingerprint density at radius 2 is 1.04 bits per heavy atom. The van der Waals surface area contributed by atoms with Crippen LogP contribution in [0.4, 0.5) is 0 Å². The molecule has 4 heteroatoms. The third-order valence-electron chi connectivity index (χ3n) is 10.9. The molecule has 258 valence electrons. The third kappa shape index (κ3) is 5.38. The van der Waals surface area contributed by atoms with Gasteiger partial charge in [0.2, 0.25) is 0 Å². The number of fused-ring (bicyclic) bond motifs is 6. The molecule has 0 amide bonds. The molecule has 1 atom stereocenters. The minimum Gasteiger partial charge on any atom is -0.455 e. The topological polar surface area (TPSA) is 49.9 Å². The van der Waals surface area contributed by atoms with Gasteiger partial charge in [-0.2, -0.15) is 0 Å². The number of amidine groups is 2. The molecule has 0 saturated carbocycles. The first-order valence-corrected chi connectivity index (χ1v) is 18.7. The first kappa shape index (κ1) is 31.2. The number of furan rings is 1. The first-order chi connectivity index (χ1) is 27.2. The van der Waals surface area contributed by atoms with E-state index < -0.39 is 0 Å². The highest BCUT2D eigenvalue weighted by molar-refractivity contribution is 6.24. The lowest BCUT2D eigenvalue weighted by molar-refractivity contribution is 0.669. The van der Waals surface area contributed by atoms with Crippen molar-refractivity contribution in [1.82, 2.24) is 5.32 Å². The van der Waals surface area contributed by atoms with Crippen molar-refractivity contribution in [3.05, 3.63) is 205 Å². The van der Waals surface area contributed by atoms with E-state index in [1.54, 1.807) is 0 Å². The molecular formula is C51H33N3O. The predicted molar refractivity (Wildman–Crippen MR) is 229 cm³/mol. The molecule has 0 saturated heterocycles. The molecule has 1 N–H and O–H groups in total. The molecule has 0 bridgehead atoms. The largest absolute Gasteiger partial charge is 0.455 e. The minimum atomic E-state index is -0.371. The van der Waals surface area contributed by atoms with Crippen LogP contribution in [0.3, 0.4) is 0 Å². The van der Waals surface area contributed by atoms with Crippen molar-refractivity contribution in [2.75, 3.05) is 0 Å². The molecule has 1 aromatic heterocycles. The van der Waals surface area contributed by atoms with Crippen molar-refractivity contribution < 1.29 is 4.42 Å². The van der Waals surface area contributed by atoms with E-state index in [-0.39, 0.29) is 6.17 Å². The zero-order valence-corrected chi connectivity index (χ0v) is 29.8. The van der Waals surface area contributed by atoms with Crippen molar-refractivity contribution in [3.63, 3.8) is 0 Å². The summed E-state index contributed by atoms with van der Waals surface area (Å²) in [7, 11) is 0. The van der Waals surface area contributed by atoms with Crippen LogP contribution in [0.15, 0.2) is 202 Å². The summed E-state index contributed by atoms with van der Waals surface area (Å²) in [6.45, 7) is 0. The normalized spacial score (nSPS) is 14.4. The van der Waals surface area contributed by atoms with Gasteiger partial charge in [-0.3, -0.25) is 0 Å². The zero-order chi connectivity index (χ0) is 36.3. The van der Waals surface area contributed by atoms with E-state index in [0.717, 1.165) is 61.0 Å². The lowest BCUT2D eigenvalue weighted by Crippen LogP contribution is -2.33. The van der Waals surface area contributed by atoms with Gasteiger partial charge in [0.25, 0.3) is 0 Å². The molecule has 1 unspecified atom stereocenters. The summed E-state index contributed by atoms with van der Waals surface area (Å²) in [4.78, 5) is 10.7. The van der Waals surface area contributed by atoms with Gasteiger partial charge in [-0.15, -0.1) is 0 Å². The standard InChI is InChI=1S/C51H33N3O/c1-3-13-37-30-39(26-20-32(37)10-1)43-28-29-45(47-44-17-7-8-19-46(44)55-48(43)47)51-53-49(52-50(54-51)40-27-21-33-11-2-4-14-38(33)31-40)36-24-22-35(23-25-36)42-18-9-15-34-12-5-6-16-41(34)42/h1-31,49H,(H,52,53,54). The Morgan fingerprint density at radius 3 is 1.82 bits per heavy atom. The number of aliphatic imine (C=N–C) groups is 2. The number of nitrogens with zero attached hydrogens (tertiary/aromatic N) is 2. The Bertz CT molecular complexity index is 3180. The number of hydrogen-bond donors (Lipinski definition) is 1. The molecule has 0 fully saturated rings. The summed E-state index contributed by atoms with van der Waals surface area (Å²) in [5.41, 5.74) is 9.17. The molecule has 0 spiro atoms. The summed E-state index contributed by atoms with van der Waals surface area (Å²) in [5, 5.41) is 13.0. The highest BCUT2D eigenvalue weighted by Gasteiger charge is 2.25. The monoisotopic (exact) mass is 703 g/mol. The van der Waals surface area contributed by atoms with Crippen LogP contribution in [0.25, 0.3) is 76.5 Å². The van der Waals surface area contributed by atoms with Crippen LogP contribution in [0, 0.1) is 0 Å². The number of para-hydroxylation sites is 1. The van der Waals surface area contributed by atoms with Crippen LogP contribution in [0.2, 0.25) is 0 Å². The minimum absolute atomic E-state index is 0.371. The van der Waals surface area contributed by atoms with E-state index in [0.29, 0.717) is 5.84 Å². The van der Waals surface area contributed by atoms with Crippen molar-refractivity contribution >= 4 is 65.9 Å². The van der Waals surface area contributed by atoms with E-state index in [1.165, 1.54) is 38.1 Å². The second kappa shape index (κ2) is 12.7. The Hall–Kier alpha value is -7.30. The second-order valence-corrected chi connectivity index (χ2v) is 14.2. The molecule has 10 aromatic rings. The van der Waals surface area contributed by atoms with Crippen LogP contribution >= 0.6 is 0 Å². The SMILES string of the molecule is c1ccc2cc(C3=NC(c4ccc(-c5ccc6ccccc6c5)c5oc6ccccc6c45)=NC(c4ccc(-c5cccc6ccccc56)cc4)N3)ccc2c1. The number of hydrogen-bond acceptors (Lipinski definition) is 4. The molecule has 0 radical (unpaired) electrons. The lowest BCUT2D eigenvalue weighted by Gasteiger charge is -2.24. The van der Waals surface area contributed by atoms with E-state index >= 15 is 0 Å². The Balaban J connectivity index is 1.08. The Labute approximate surface area is 317 Å². The van der Waals surface area contributed by atoms with E-state index in [4.69, 9.17) is 14.4 Å². The van der Waals surface area contributed by atoms with Crippen LogP contribution in [-0.2, 0) is 0 Å². The maximum Gasteiger partial charge on any atom is 0.160 e. The summed E-state index contributed by atoms with van der Waals surface area (Å²) in [6.07, 6.45) is -0.371. The summed E-state index contributed by atoms with van der Waals surface area (Å²) >= 11 is 0. The van der Waals surface area contributed by atoms with Gasteiger partial charge in [-0.1, -0.05) is 158 Å². The fourth-order valence-electron chi connectivity index (χ4n) is 8.14. The van der Waals surface area contributed by atoms with Gasteiger partial charge in [-0.25, -0.2) is 9.98 Å². The van der Waals surface area contributed by atoms with E-state index in [2.05, 4.69) is 181 Å². The highest BCUT2D eigenvalue weighted by atomic mass is 16.3. The van der Waals surface area contributed by atoms with Crippen LogP contribution < -0.4 is 5.32 Å². The zero-order valence-electron chi connectivity index (χ0n) is 29.8. The summed E-state index contributed by atoms with van der Waals surface area (Å²) in [5.74, 6) is 1.44. The van der Waals surface area contributed by atoms with Crippen LogP contribution in [0.1, 0.15) is 22.9 Å². The fraction of sp³-hybridized carbons (Fsp3) is 0.0196. The number of nitrogens with one attached hydrogen (secondary N) is 1. The molecule has 1 aliphatic rings. The van der Waals surface area contributed by atoms with Gasteiger partial charge < -0.3 is 9.73 Å². The molecule has 4 nitrogen and oxygen atoms in total. The maximum absolute atomic E-state index is 6.72. The predicted octanol–water partition coefficient (Wildman–Crippen LogP) is 12.9. The van der Waals surface area contributed by atoms with Crippen molar-refractivity contribution in [2.45, 2.75) is 6.17 Å². The maximum atomic E-state index is 6.72. The van der Waals surface area contributed by atoms with Crippen LogP contribution in [-0.4, -0.2) is 11.7 Å². The molecule has 11 rings (SSSR count). The fourth-order valence-corrected chi connectivity index (χ4v) is 8.14. The van der Waals surface area contributed by atoms with Crippen LogP contribution in [0.5, 0.6) is 0 Å². The quantitative estimate of drug-likeness (QED) is 0.194. The average molecular weight is 704 g/mol. The van der Waals surface area contributed by atoms with Crippen molar-refractivity contribution in [3.8, 4) is 22.3 Å². The van der Waals surface area contributed by atoms with E-state index in [1.807, 2.05) is 12.1 Å². The summed E-state index contributed by atoms with van der Waals surface area (Å²) in [6, 6.07) is 66.4. The molecule has 9 aromatic carbocycles. The summed E-state index contributed by atoms with van der Waals surface area (Å²) < 4.78 is 6.72. The number of benzene rings is 9. The molecule has 55 heavy (non-hydrogen) atoms. The first-order valence-electron chi connectivity index (χ1n) is 18.7. The van der Waals surface area contributed by atoms with E-state index in [9.17, 15) is 0 Å². The van der Waals surface area contributed by atoms with Crippen molar-refractivity contribution in [2.24, 2.45) is 9.98 Å². The van der Waals surface area contributed by atoms with Gasteiger partial charge >= 0.3 is 0 Å². The smallest absolute Gasteiger partial charge is 0.160 e. The van der Waals surface area contributed by atoms with Gasteiger partial charge in [0.05, 0.1) is 0 Å². The highest BCUT2D eigenvalue weighted by Crippen LogP contribution is 2.40. The number of rotatable bonds is 5. The Morgan fingerprint density at radius 1 is 0.436 bits per heavy atom.